The first kappa shape index (κ1) is 19.2. The predicted octanol–water partition coefficient (Wildman–Crippen LogP) is 3.33. The first-order valence-electron chi connectivity index (χ1n) is 9.04. The summed E-state index contributed by atoms with van der Waals surface area (Å²) in [6, 6.07) is 14.6. The van der Waals surface area contributed by atoms with Crippen LogP contribution in [0.3, 0.4) is 0 Å². The molecule has 0 aliphatic carbocycles. The minimum absolute atomic E-state index is 0.149. The van der Waals surface area contributed by atoms with Gasteiger partial charge in [0.2, 0.25) is 15.9 Å². The minimum atomic E-state index is -3.24. The molecule has 0 unspecified atom stereocenters. The van der Waals surface area contributed by atoms with Crippen LogP contribution in [0.25, 0.3) is 0 Å². The van der Waals surface area contributed by atoms with Gasteiger partial charge in [-0.05, 0) is 55.7 Å². The molecular weight excluding hydrogens is 364 g/mol. The van der Waals surface area contributed by atoms with Crippen LogP contribution in [0.5, 0.6) is 5.75 Å². The van der Waals surface area contributed by atoms with Crippen LogP contribution in [0, 0.1) is 6.92 Å². The van der Waals surface area contributed by atoms with Crippen LogP contribution >= 0.6 is 0 Å². The van der Waals surface area contributed by atoms with Crippen molar-refractivity contribution >= 4 is 27.3 Å². The minimum Gasteiger partial charge on any atom is -0.493 e. The number of nitrogens with zero attached hydrogens (tertiary/aromatic N) is 1. The third kappa shape index (κ3) is 5.01. The number of anilines is 2. The van der Waals surface area contributed by atoms with Gasteiger partial charge in [-0.2, -0.15) is 0 Å². The molecule has 1 heterocycles. The van der Waals surface area contributed by atoms with Gasteiger partial charge in [0.1, 0.15) is 5.75 Å². The molecule has 1 fully saturated rings. The lowest BCUT2D eigenvalue weighted by atomic mass is 10.1. The summed E-state index contributed by atoms with van der Waals surface area (Å²) >= 11 is 0. The quantitative estimate of drug-likeness (QED) is 0.824. The predicted molar refractivity (Wildman–Crippen MR) is 107 cm³/mol. The molecule has 0 spiro atoms. The van der Waals surface area contributed by atoms with E-state index in [9.17, 15) is 13.2 Å². The van der Waals surface area contributed by atoms with Crippen molar-refractivity contribution in [2.45, 2.75) is 26.2 Å². The smallest absolute Gasteiger partial charge is 0.235 e. The molecule has 0 aromatic heterocycles. The van der Waals surface area contributed by atoms with E-state index in [0.717, 1.165) is 17.7 Å². The van der Waals surface area contributed by atoms with E-state index in [1.807, 2.05) is 37.3 Å². The molecule has 27 heavy (non-hydrogen) atoms. The Morgan fingerprint density at radius 1 is 1.15 bits per heavy atom. The summed E-state index contributed by atoms with van der Waals surface area (Å²) in [5, 5.41) is 2.83. The number of para-hydroxylation sites is 1. The SMILES string of the molecule is Cc1cc(NC(=O)CCOc2ccccc2)ccc1N1CCCCS1(=O)=O. The van der Waals surface area contributed by atoms with Gasteiger partial charge in [-0.1, -0.05) is 18.2 Å². The molecule has 1 aliphatic heterocycles. The number of aryl methyl sites for hydroxylation is 1. The molecule has 0 radical (unpaired) electrons. The van der Waals surface area contributed by atoms with Gasteiger partial charge < -0.3 is 10.1 Å². The monoisotopic (exact) mass is 388 g/mol. The lowest BCUT2D eigenvalue weighted by molar-refractivity contribution is -0.116. The molecule has 144 valence electrons. The van der Waals surface area contributed by atoms with E-state index < -0.39 is 10.0 Å². The normalized spacial score (nSPS) is 16.0. The summed E-state index contributed by atoms with van der Waals surface area (Å²) < 4.78 is 31.6. The molecule has 0 bridgehead atoms. The molecule has 0 atom stereocenters. The van der Waals surface area contributed by atoms with Crippen LogP contribution in [-0.2, 0) is 14.8 Å². The summed E-state index contributed by atoms with van der Waals surface area (Å²) in [5.74, 6) is 0.767. The summed E-state index contributed by atoms with van der Waals surface area (Å²) in [7, 11) is -3.24. The number of hydrogen-bond donors (Lipinski definition) is 1. The van der Waals surface area contributed by atoms with Crippen LogP contribution in [0.2, 0.25) is 0 Å². The van der Waals surface area contributed by atoms with Crippen molar-refractivity contribution in [3.05, 3.63) is 54.1 Å². The number of ether oxygens (including phenoxy) is 1. The maximum atomic E-state index is 12.3. The molecule has 7 heteroatoms. The van der Waals surface area contributed by atoms with E-state index in [4.69, 9.17) is 4.74 Å². The average Bonchev–Trinajstić information content (AvgIpc) is 2.63. The van der Waals surface area contributed by atoms with E-state index in [1.54, 1.807) is 18.2 Å². The van der Waals surface area contributed by atoms with Crippen LogP contribution in [0.1, 0.15) is 24.8 Å². The number of amides is 1. The zero-order valence-electron chi connectivity index (χ0n) is 15.3. The van der Waals surface area contributed by atoms with E-state index in [2.05, 4.69) is 5.32 Å². The molecular formula is C20H24N2O4S. The van der Waals surface area contributed by atoms with Crippen molar-refractivity contribution in [3.8, 4) is 5.75 Å². The average molecular weight is 388 g/mol. The Morgan fingerprint density at radius 2 is 1.93 bits per heavy atom. The second-order valence-electron chi connectivity index (χ2n) is 6.56. The second-order valence-corrected chi connectivity index (χ2v) is 8.57. The molecule has 1 aliphatic rings. The number of carbonyl (C=O) groups is 1. The van der Waals surface area contributed by atoms with Crippen LogP contribution in [0.15, 0.2) is 48.5 Å². The first-order valence-corrected chi connectivity index (χ1v) is 10.7. The molecule has 6 nitrogen and oxygen atoms in total. The van der Waals surface area contributed by atoms with E-state index in [0.29, 0.717) is 30.9 Å². The highest BCUT2D eigenvalue weighted by molar-refractivity contribution is 7.92. The summed E-state index contributed by atoms with van der Waals surface area (Å²) in [4.78, 5) is 12.1. The van der Waals surface area contributed by atoms with Gasteiger partial charge in [-0.3, -0.25) is 9.10 Å². The van der Waals surface area contributed by atoms with Crippen LogP contribution in [0.4, 0.5) is 11.4 Å². The van der Waals surface area contributed by atoms with Crippen molar-refractivity contribution < 1.29 is 17.9 Å². The first-order chi connectivity index (χ1) is 13.0. The highest BCUT2D eigenvalue weighted by Crippen LogP contribution is 2.28. The number of hydrogen-bond acceptors (Lipinski definition) is 4. The molecule has 1 saturated heterocycles. The number of rotatable bonds is 6. The Labute approximate surface area is 160 Å². The standard InChI is InChI=1S/C20H24N2O4S/c1-16-15-17(9-10-19(16)22-12-5-6-14-27(22,24)25)21-20(23)11-13-26-18-7-3-2-4-8-18/h2-4,7-10,15H,5-6,11-14H2,1H3,(H,21,23). The topological polar surface area (TPSA) is 75.7 Å². The Bertz CT molecular complexity index is 897. The van der Waals surface area contributed by atoms with Crippen LogP contribution < -0.4 is 14.4 Å². The van der Waals surface area contributed by atoms with Gasteiger partial charge in [0, 0.05) is 12.2 Å². The largest absolute Gasteiger partial charge is 0.493 e. The van der Waals surface area contributed by atoms with E-state index in [-0.39, 0.29) is 18.1 Å². The zero-order chi connectivity index (χ0) is 19.3. The number of sulfonamides is 1. The van der Waals surface area contributed by atoms with Crippen molar-refractivity contribution in [2.24, 2.45) is 0 Å². The molecule has 1 N–H and O–H groups in total. The van der Waals surface area contributed by atoms with Crippen molar-refractivity contribution in [1.82, 2.24) is 0 Å². The maximum absolute atomic E-state index is 12.3. The van der Waals surface area contributed by atoms with Gasteiger partial charge in [0.25, 0.3) is 0 Å². The van der Waals surface area contributed by atoms with Gasteiger partial charge in [0.05, 0.1) is 24.5 Å². The summed E-state index contributed by atoms with van der Waals surface area (Å²) in [6.07, 6.45) is 1.80. The fraction of sp³-hybridized carbons (Fsp3) is 0.350. The fourth-order valence-corrected chi connectivity index (χ4v) is 4.78. The molecule has 3 rings (SSSR count). The number of carbonyl (C=O) groups excluding carboxylic acids is 1. The van der Waals surface area contributed by atoms with Crippen LogP contribution in [-0.4, -0.2) is 33.2 Å². The number of nitrogens with one attached hydrogen (secondary N) is 1. The summed E-state index contributed by atoms with van der Waals surface area (Å²) in [5.41, 5.74) is 2.15. The molecule has 2 aromatic carbocycles. The highest BCUT2D eigenvalue weighted by Gasteiger charge is 2.27. The lowest BCUT2D eigenvalue weighted by Crippen LogP contribution is -2.38. The Morgan fingerprint density at radius 3 is 2.63 bits per heavy atom. The van der Waals surface area contributed by atoms with E-state index in [1.165, 1.54) is 4.31 Å². The van der Waals surface area contributed by atoms with E-state index >= 15 is 0 Å². The van der Waals surface area contributed by atoms with Gasteiger partial charge in [0.15, 0.2) is 0 Å². The third-order valence-corrected chi connectivity index (χ3v) is 6.29. The van der Waals surface area contributed by atoms with Crippen molar-refractivity contribution in [2.75, 3.05) is 28.5 Å². The zero-order valence-corrected chi connectivity index (χ0v) is 16.2. The Kier molecular flexibility index (Phi) is 6.01. The number of benzene rings is 2. The van der Waals surface area contributed by atoms with Gasteiger partial charge >= 0.3 is 0 Å². The lowest BCUT2D eigenvalue weighted by Gasteiger charge is -2.29. The third-order valence-electron chi connectivity index (χ3n) is 4.44. The van der Waals surface area contributed by atoms with Gasteiger partial charge in [-0.25, -0.2) is 8.42 Å². The molecule has 1 amide bonds. The maximum Gasteiger partial charge on any atom is 0.235 e. The fourth-order valence-electron chi connectivity index (χ4n) is 3.07. The molecule has 2 aromatic rings. The molecule has 0 saturated carbocycles. The second kappa shape index (κ2) is 8.43. The van der Waals surface area contributed by atoms with Gasteiger partial charge in [-0.15, -0.1) is 0 Å². The Balaban J connectivity index is 1.58. The van der Waals surface area contributed by atoms with Crippen molar-refractivity contribution in [1.29, 1.82) is 0 Å². The van der Waals surface area contributed by atoms with Crippen molar-refractivity contribution in [3.63, 3.8) is 0 Å². The summed E-state index contributed by atoms with van der Waals surface area (Å²) in [6.45, 7) is 2.65. The highest BCUT2D eigenvalue weighted by atomic mass is 32.2. The Hall–Kier alpha value is -2.54.